The van der Waals surface area contributed by atoms with Gasteiger partial charge in [0.2, 0.25) is 0 Å². The summed E-state index contributed by atoms with van der Waals surface area (Å²) in [7, 11) is 0. The fourth-order valence-corrected chi connectivity index (χ4v) is 3.09. The van der Waals surface area contributed by atoms with E-state index < -0.39 is 0 Å². The van der Waals surface area contributed by atoms with Crippen LogP contribution in [-0.4, -0.2) is 34.0 Å². The third-order valence-electron chi connectivity index (χ3n) is 4.16. The molecule has 1 saturated heterocycles. The number of hydrogen-bond donors (Lipinski definition) is 1. The van der Waals surface area contributed by atoms with E-state index in [0.717, 1.165) is 37.8 Å². The fourth-order valence-electron chi connectivity index (χ4n) is 3.09. The number of nitrogens with zero attached hydrogens (tertiary/aromatic N) is 3. The van der Waals surface area contributed by atoms with Crippen LogP contribution in [0.25, 0.3) is 0 Å². The first kappa shape index (κ1) is 12.1. The van der Waals surface area contributed by atoms with E-state index in [1.807, 2.05) is 0 Å². The van der Waals surface area contributed by atoms with Crippen LogP contribution in [0.4, 0.5) is 0 Å². The Bertz CT molecular complexity index is 429. The van der Waals surface area contributed by atoms with Crippen molar-refractivity contribution in [3.8, 4) is 0 Å². The maximum Gasteiger partial charge on any atom is 0.150 e. The normalized spacial score (nSPS) is 31.9. The number of fused-ring (bicyclic) bond motifs is 1. The van der Waals surface area contributed by atoms with Crippen molar-refractivity contribution in [1.82, 2.24) is 20.1 Å². The minimum Gasteiger partial charge on any atom is -0.378 e. The Morgan fingerprint density at radius 2 is 2.11 bits per heavy atom. The lowest BCUT2D eigenvalue weighted by Crippen LogP contribution is -2.37. The van der Waals surface area contributed by atoms with Crippen LogP contribution in [0.1, 0.15) is 50.8 Å². The van der Waals surface area contributed by atoms with Gasteiger partial charge in [-0.3, -0.25) is 0 Å². The van der Waals surface area contributed by atoms with Crippen molar-refractivity contribution in [3.05, 3.63) is 11.6 Å². The van der Waals surface area contributed by atoms with Gasteiger partial charge in [0.25, 0.3) is 0 Å². The van der Waals surface area contributed by atoms with Crippen LogP contribution in [-0.2, 0) is 11.3 Å². The van der Waals surface area contributed by atoms with Gasteiger partial charge in [0.15, 0.2) is 5.82 Å². The zero-order valence-corrected chi connectivity index (χ0v) is 11.4. The zero-order valence-electron chi connectivity index (χ0n) is 11.4. The number of ether oxygens (including phenoxy) is 1. The Balaban J connectivity index is 1.94. The van der Waals surface area contributed by atoms with E-state index in [4.69, 9.17) is 4.74 Å². The van der Waals surface area contributed by atoms with Crippen molar-refractivity contribution in [2.75, 3.05) is 13.2 Å². The molecule has 0 aromatic carbocycles. The van der Waals surface area contributed by atoms with E-state index in [2.05, 4.69) is 40.9 Å². The number of aromatic nitrogens is 3. The average molecular weight is 250 g/mol. The predicted octanol–water partition coefficient (Wildman–Crippen LogP) is 1.47. The predicted molar refractivity (Wildman–Crippen MR) is 68.4 cm³/mol. The van der Waals surface area contributed by atoms with Crippen LogP contribution < -0.4 is 5.32 Å². The largest absolute Gasteiger partial charge is 0.378 e. The fraction of sp³-hybridized carbons (Fsp3) is 0.846. The van der Waals surface area contributed by atoms with Gasteiger partial charge in [-0.15, -0.1) is 10.2 Å². The van der Waals surface area contributed by atoms with E-state index in [1.165, 1.54) is 0 Å². The van der Waals surface area contributed by atoms with E-state index in [-0.39, 0.29) is 6.10 Å². The molecule has 2 aliphatic heterocycles. The first-order valence-corrected chi connectivity index (χ1v) is 6.96. The molecule has 0 saturated carbocycles. The monoisotopic (exact) mass is 250 g/mol. The van der Waals surface area contributed by atoms with Crippen LogP contribution in [0.15, 0.2) is 0 Å². The molecule has 0 amide bonds. The van der Waals surface area contributed by atoms with E-state index in [0.29, 0.717) is 17.9 Å². The highest BCUT2D eigenvalue weighted by Gasteiger charge is 2.34. The molecule has 3 unspecified atom stereocenters. The Morgan fingerprint density at radius 1 is 1.33 bits per heavy atom. The van der Waals surface area contributed by atoms with Crippen LogP contribution >= 0.6 is 0 Å². The summed E-state index contributed by atoms with van der Waals surface area (Å²) >= 11 is 0. The van der Waals surface area contributed by atoms with Crippen LogP contribution in [0.5, 0.6) is 0 Å². The Labute approximate surface area is 108 Å². The van der Waals surface area contributed by atoms with E-state index >= 15 is 0 Å². The maximum atomic E-state index is 5.66. The molecule has 1 N–H and O–H groups in total. The molecule has 0 aliphatic carbocycles. The summed E-state index contributed by atoms with van der Waals surface area (Å²) in [5.41, 5.74) is 0. The molecule has 0 bridgehead atoms. The second-order valence-corrected chi connectivity index (χ2v) is 5.71. The van der Waals surface area contributed by atoms with Crippen molar-refractivity contribution in [2.45, 2.75) is 51.8 Å². The number of hydrogen-bond acceptors (Lipinski definition) is 4. The van der Waals surface area contributed by atoms with Gasteiger partial charge < -0.3 is 14.6 Å². The summed E-state index contributed by atoms with van der Waals surface area (Å²) in [5, 5.41) is 12.4. The van der Waals surface area contributed by atoms with Crippen molar-refractivity contribution in [3.63, 3.8) is 0 Å². The minimum atomic E-state index is 0.269. The molecule has 5 nitrogen and oxygen atoms in total. The highest BCUT2D eigenvalue weighted by atomic mass is 16.5. The Morgan fingerprint density at radius 3 is 2.78 bits per heavy atom. The SMILES string of the molecule is CC(C)C1NCCn2c(C3CCOC3C)nnc21. The van der Waals surface area contributed by atoms with E-state index in [9.17, 15) is 0 Å². The lowest BCUT2D eigenvalue weighted by atomic mass is 9.99. The number of rotatable bonds is 2. The molecule has 3 rings (SSSR count). The highest BCUT2D eigenvalue weighted by molar-refractivity contribution is 5.11. The molecule has 0 spiro atoms. The molecule has 1 fully saturated rings. The van der Waals surface area contributed by atoms with Crippen molar-refractivity contribution in [1.29, 1.82) is 0 Å². The molecule has 18 heavy (non-hydrogen) atoms. The van der Waals surface area contributed by atoms with Gasteiger partial charge in [-0.25, -0.2) is 0 Å². The van der Waals surface area contributed by atoms with E-state index in [1.54, 1.807) is 0 Å². The van der Waals surface area contributed by atoms with Gasteiger partial charge in [-0.1, -0.05) is 13.8 Å². The maximum absolute atomic E-state index is 5.66. The average Bonchev–Trinajstić information content (AvgIpc) is 2.93. The van der Waals surface area contributed by atoms with Gasteiger partial charge in [-0.2, -0.15) is 0 Å². The molecular formula is C13H22N4O. The van der Waals surface area contributed by atoms with Crippen molar-refractivity contribution >= 4 is 0 Å². The third-order valence-corrected chi connectivity index (χ3v) is 4.16. The van der Waals surface area contributed by atoms with Crippen molar-refractivity contribution < 1.29 is 4.74 Å². The lowest BCUT2D eigenvalue weighted by Gasteiger charge is -2.28. The molecule has 0 radical (unpaired) electrons. The minimum absolute atomic E-state index is 0.269. The lowest BCUT2D eigenvalue weighted by molar-refractivity contribution is 0.116. The molecule has 100 valence electrons. The first-order valence-electron chi connectivity index (χ1n) is 6.96. The number of nitrogens with one attached hydrogen (secondary N) is 1. The van der Waals surface area contributed by atoms with Crippen molar-refractivity contribution in [2.24, 2.45) is 5.92 Å². The van der Waals surface area contributed by atoms with Crippen LogP contribution in [0.3, 0.4) is 0 Å². The van der Waals surface area contributed by atoms with Gasteiger partial charge in [-0.05, 0) is 19.3 Å². The molecule has 3 atom stereocenters. The summed E-state index contributed by atoms with van der Waals surface area (Å²) in [6.45, 7) is 9.42. The topological polar surface area (TPSA) is 52.0 Å². The second kappa shape index (κ2) is 4.63. The zero-order chi connectivity index (χ0) is 12.7. The highest BCUT2D eigenvalue weighted by Crippen LogP contribution is 2.33. The Kier molecular flexibility index (Phi) is 3.11. The van der Waals surface area contributed by atoms with Gasteiger partial charge in [0.1, 0.15) is 5.82 Å². The van der Waals surface area contributed by atoms with Gasteiger partial charge in [0.05, 0.1) is 12.1 Å². The summed E-state index contributed by atoms with van der Waals surface area (Å²) < 4.78 is 7.97. The smallest absolute Gasteiger partial charge is 0.150 e. The molecule has 3 heterocycles. The standard InChI is InChI=1S/C13H22N4O/c1-8(2)11-13-16-15-12(17(13)6-5-14-11)10-4-7-18-9(10)3/h8-11,14H,4-7H2,1-3H3. The second-order valence-electron chi connectivity index (χ2n) is 5.71. The van der Waals surface area contributed by atoms with Gasteiger partial charge in [0, 0.05) is 25.6 Å². The first-order chi connectivity index (χ1) is 8.68. The third kappa shape index (κ3) is 1.86. The molecule has 1 aromatic rings. The molecular weight excluding hydrogens is 228 g/mol. The van der Waals surface area contributed by atoms with Crippen LogP contribution in [0.2, 0.25) is 0 Å². The summed E-state index contributed by atoms with van der Waals surface area (Å²) in [5.74, 6) is 3.18. The molecule has 5 heteroatoms. The molecule has 1 aromatic heterocycles. The Hall–Kier alpha value is -0.940. The summed E-state index contributed by atoms with van der Waals surface area (Å²) in [4.78, 5) is 0. The molecule has 2 aliphatic rings. The van der Waals surface area contributed by atoms with Crippen LogP contribution in [0, 0.1) is 5.92 Å². The summed E-state index contributed by atoms with van der Waals surface area (Å²) in [6, 6.07) is 0.331. The quantitative estimate of drug-likeness (QED) is 0.863. The summed E-state index contributed by atoms with van der Waals surface area (Å²) in [6.07, 6.45) is 1.34. The van der Waals surface area contributed by atoms with Gasteiger partial charge >= 0.3 is 0 Å².